The molecule has 0 atom stereocenters. The van der Waals surface area contributed by atoms with E-state index in [-0.39, 0.29) is 5.41 Å². The summed E-state index contributed by atoms with van der Waals surface area (Å²) in [6.45, 7) is 7.99. The first-order valence-corrected chi connectivity index (χ1v) is 7.24. The van der Waals surface area contributed by atoms with Crippen molar-refractivity contribution in [3.05, 3.63) is 42.0 Å². The molecule has 2 aromatic rings. The highest BCUT2D eigenvalue weighted by molar-refractivity contribution is 5.06. The fourth-order valence-corrected chi connectivity index (χ4v) is 2.26. The van der Waals surface area contributed by atoms with Gasteiger partial charge in [0, 0.05) is 11.5 Å². The van der Waals surface area contributed by atoms with Gasteiger partial charge in [-0.15, -0.1) is 0 Å². The molecule has 4 heteroatoms. The molecule has 108 valence electrons. The number of oxazole rings is 1. The maximum absolute atomic E-state index is 5.89. The first-order valence-electron chi connectivity index (χ1n) is 7.24. The Labute approximate surface area is 119 Å². The van der Waals surface area contributed by atoms with E-state index < -0.39 is 0 Å². The van der Waals surface area contributed by atoms with Gasteiger partial charge >= 0.3 is 0 Å². The minimum atomic E-state index is 0.0106. The molecule has 4 nitrogen and oxygen atoms in total. The lowest BCUT2D eigenvalue weighted by atomic mass is 9.94. The van der Waals surface area contributed by atoms with Crippen LogP contribution in [0, 0.1) is 0 Å². The molecule has 2 aromatic heterocycles. The van der Waals surface area contributed by atoms with Gasteiger partial charge in [-0.05, 0) is 25.0 Å². The third kappa shape index (κ3) is 3.12. The molecule has 1 saturated carbocycles. The smallest absolute Gasteiger partial charge is 0.208 e. The fourth-order valence-electron chi connectivity index (χ4n) is 2.26. The van der Waals surface area contributed by atoms with Crippen LogP contribution in [0.1, 0.15) is 51.0 Å². The first-order chi connectivity index (χ1) is 9.52. The Kier molecular flexibility index (Phi) is 3.42. The average Bonchev–Trinajstić information content (AvgIpc) is 2.88. The Balaban J connectivity index is 1.69. The van der Waals surface area contributed by atoms with Crippen molar-refractivity contribution in [3.63, 3.8) is 0 Å². The molecule has 0 spiro atoms. The van der Waals surface area contributed by atoms with Gasteiger partial charge in [-0.1, -0.05) is 20.8 Å². The number of aromatic nitrogens is 1. The summed E-state index contributed by atoms with van der Waals surface area (Å²) in [7, 11) is 0. The predicted octanol–water partition coefficient (Wildman–Crippen LogP) is 3.73. The molecule has 0 unspecified atom stereocenters. The largest absolute Gasteiger partial charge is 0.468 e. The Morgan fingerprint density at radius 2 is 2.10 bits per heavy atom. The van der Waals surface area contributed by atoms with Crippen LogP contribution in [0.15, 0.2) is 33.4 Å². The Bertz CT molecular complexity index is 547. The van der Waals surface area contributed by atoms with E-state index in [1.54, 1.807) is 6.26 Å². The molecule has 0 aromatic carbocycles. The van der Waals surface area contributed by atoms with Crippen molar-refractivity contribution in [2.24, 2.45) is 0 Å². The molecule has 0 radical (unpaired) electrons. The summed E-state index contributed by atoms with van der Waals surface area (Å²) in [5, 5.41) is 0. The van der Waals surface area contributed by atoms with E-state index >= 15 is 0 Å². The highest BCUT2D eigenvalue weighted by atomic mass is 16.4. The zero-order valence-electron chi connectivity index (χ0n) is 12.4. The van der Waals surface area contributed by atoms with Crippen molar-refractivity contribution in [2.45, 2.75) is 58.2 Å². The lowest BCUT2D eigenvalue weighted by Crippen LogP contribution is -2.25. The van der Waals surface area contributed by atoms with Crippen LogP contribution < -0.4 is 0 Å². The second-order valence-electron chi connectivity index (χ2n) is 6.58. The Morgan fingerprint density at radius 1 is 1.30 bits per heavy atom. The SMILES string of the molecule is CC(C)(C)c1cnc(CN(Cc2ccco2)C2CC2)o1. The molecule has 2 heterocycles. The number of rotatable bonds is 5. The van der Waals surface area contributed by atoms with Crippen LogP contribution in [0.25, 0.3) is 0 Å². The summed E-state index contributed by atoms with van der Waals surface area (Å²) in [6, 6.07) is 4.60. The normalized spacial score (nSPS) is 16.0. The van der Waals surface area contributed by atoms with Crippen LogP contribution in [0.2, 0.25) is 0 Å². The molecule has 1 aliphatic carbocycles. The highest BCUT2D eigenvalue weighted by Crippen LogP contribution is 2.30. The lowest BCUT2D eigenvalue weighted by Gasteiger charge is -2.19. The van der Waals surface area contributed by atoms with Crippen molar-refractivity contribution in [1.29, 1.82) is 0 Å². The molecule has 0 saturated heterocycles. The molecule has 0 N–H and O–H groups in total. The zero-order chi connectivity index (χ0) is 14.2. The topological polar surface area (TPSA) is 42.4 Å². The molecular weight excluding hydrogens is 252 g/mol. The van der Waals surface area contributed by atoms with Crippen molar-refractivity contribution in [1.82, 2.24) is 9.88 Å². The zero-order valence-corrected chi connectivity index (χ0v) is 12.4. The van der Waals surface area contributed by atoms with E-state index in [2.05, 4.69) is 30.7 Å². The summed E-state index contributed by atoms with van der Waals surface area (Å²) in [5.41, 5.74) is 0.0106. The van der Waals surface area contributed by atoms with Gasteiger partial charge in [0.15, 0.2) is 0 Å². The minimum Gasteiger partial charge on any atom is -0.468 e. The summed E-state index contributed by atoms with van der Waals surface area (Å²) < 4.78 is 11.3. The summed E-state index contributed by atoms with van der Waals surface area (Å²) in [6.07, 6.45) is 6.09. The van der Waals surface area contributed by atoms with Gasteiger partial charge in [0.05, 0.1) is 25.5 Å². The van der Waals surface area contributed by atoms with Gasteiger partial charge in [0.2, 0.25) is 5.89 Å². The monoisotopic (exact) mass is 274 g/mol. The van der Waals surface area contributed by atoms with E-state index in [4.69, 9.17) is 8.83 Å². The quantitative estimate of drug-likeness (QED) is 0.833. The average molecular weight is 274 g/mol. The second kappa shape index (κ2) is 5.09. The summed E-state index contributed by atoms with van der Waals surface area (Å²) >= 11 is 0. The van der Waals surface area contributed by atoms with Gasteiger partial charge in [-0.2, -0.15) is 0 Å². The second-order valence-corrected chi connectivity index (χ2v) is 6.58. The molecule has 0 aliphatic heterocycles. The van der Waals surface area contributed by atoms with Gasteiger partial charge < -0.3 is 8.83 Å². The lowest BCUT2D eigenvalue weighted by molar-refractivity contribution is 0.200. The molecule has 20 heavy (non-hydrogen) atoms. The van der Waals surface area contributed by atoms with Crippen LogP contribution in [-0.2, 0) is 18.5 Å². The maximum atomic E-state index is 5.89. The number of nitrogens with zero attached hydrogens (tertiary/aromatic N) is 2. The highest BCUT2D eigenvalue weighted by Gasteiger charge is 2.31. The standard InChI is InChI=1S/C16H22N2O2/c1-16(2,3)14-9-17-15(20-14)11-18(12-6-7-12)10-13-5-4-8-19-13/h4-5,8-9,12H,6-7,10-11H2,1-3H3. The molecule has 1 aliphatic rings. The van der Waals surface area contributed by atoms with Crippen LogP contribution in [-0.4, -0.2) is 15.9 Å². The van der Waals surface area contributed by atoms with Gasteiger partial charge in [-0.25, -0.2) is 4.98 Å². The summed E-state index contributed by atoms with van der Waals surface area (Å²) in [5.74, 6) is 2.74. The minimum absolute atomic E-state index is 0.0106. The number of hydrogen-bond acceptors (Lipinski definition) is 4. The maximum Gasteiger partial charge on any atom is 0.208 e. The van der Waals surface area contributed by atoms with Crippen LogP contribution in [0.3, 0.4) is 0 Å². The van der Waals surface area contributed by atoms with E-state index in [0.29, 0.717) is 6.04 Å². The van der Waals surface area contributed by atoms with Crippen LogP contribution in [0.5, 0.6) is 0 Å². The van der Waals surface area contributed by atoms with Crippen molar-refractivity contribution < 1.29 is 8.83 Å². The van der Waals surface area contributed by atoms with Gasteiger partial charge in [-0.3, -0.25) is 4.90 Å². The third-order valence-corrected chi connectivity index (χ3v) is 3.63. The van der Waals surface area contributed by atoms with E-state index in [9.17, 15) is 0 Å². The van der Waals surface area contributed by atoms with Crippen molar-refractivity contribution >= 4 is 0 Å². The third-order valence-electron chi connectivity index (χ3n) is 3.63. The molecular formula is C16H22N2O2. The van der Waals surface area contributed by atoms with Crippen molar-refractivity contribution in [2.75, 3.05) is 0 Å². The predicted molar refractivity (Wildman–Crippen MR) is 76.2 cm³/mol. The van der Waals surface area contributed by atoms with Crippen LogP contribution >= 0.6 is 0 Å². The molecule has 3 rings (SSSR count). The Hall–Kier alpha value is -1.55. The van der Waals surface area contributed by atoms with Gasteiger partial charge in [0.25, 0.3) is 0 Å². The molecule has 0 bridgehead atoms. The first kappa shape index (κ1) is 13.4. The fraction of sp³-hybridized carbons (Fsp3) is 0.562. The Morgan fingerprint density at radius 3 is 2.65 bits per heavy atom. The van der Waals surface area contributed by atoms with E-state index in [0.717, 1.165) is 30.5 Å². The number of furan rings is 1. The molecule has 0 amide bonds. The van der Waals surface area contributed by atoms with Gasteiger partial charge in [0.1, 0.15) is 11.5 Å². The summed E-state index contributed by atoms with van der Waals surface area (Å²) in [4.78, 5) is 6.81. The molecule has 1 fully saturated rings. The number of hydrogen-bond donors (Lipinski definition) is 0. The van der Waals surface area contributed by atoms with Crippen LogP contribution in [0.4, 0.5) is 0 Å². The van der Waals surface area contributed by atoms with E-state index in [1.165, 1.54) is 12.8 Å². The van der Waals surface area contributed by atoms with E-state index in [1.807, 2.05) is 18.3 Å². The van der Waals surface area contributed by atoms with Crippen molar-refractivity contribution in [3.8, 4) is 0 Å².